The lowest BCUT2D eigenvalue weighted by Crippen LogP contribution is -2.46. The molecule has 0 fully saturated rings. The maximum Gasteiger partial charge on any atom is 0.412 e. The number of urea groups is 1. The van der Waals surface area contributed by atoms with Gasteiger partial charge < -0.3 is 24.8 Å². The third-order valence-corrected chi connectivity index (χ3v) is 8.02. The number of H-pyrrole nitrogens is 1. The maximum atomic E-state index is 13.9. The SMILES string of the molecule is Cc1nc2c([nH]1)CCN(C(=O)CC[C@H](COC(=O)Nc1cc3ccccc3cn1)N(C)C(=O)NCc1cccc(F)c1Cl)C2. The fourth-order valence-corrected chi connectivity index (χ4v) is 5.29. The molecule has 0 bridgehead atoms. The van der Waals surface area contributed by atoms with E-state index in [1.165, 1.54) is 17.0 Å². The van der Waals surface area contributed by atoms with Crippen molar-refractivity contribution >= 4 is 46.2 Å². The van der Waals surface area contributed by atoms with Gasteiger partial charge in [-0.1, -0.05) is 48.0 Å². The van der Waals surface area contributed by atoms with Gasteiger partial charge in [0.25, 0.3) is 0 Å². The molecule has 3 heterocycles. The molecule has 1 aliphatic heterocycles. The summed E-state index contributed by atoms with van der Waals surface area (Å²) in [5.41, 5.74) is 2.31. The third-order valence-electron chi connectivity index (χ3n) is 7.60. The first-order chi connectivity index (χ1) is 21.2. The number of aromatic nitrogens is 3. The number of aromatic amines is 1. The molecule has 0 spiro atoms. The Morgan fingerprint density at radius 1 is 1.18 bits per heavy atom. The van der Waals surface area contributed by atoms with Crippen LogP contribution in [0.4, 0.5) is 19.8 Å². The maximum absolute atomic E-state index is 13.9. The zero-order valence-corrected chi connectivity index (χ0v) is 25.2. The van der Waals surface area contributed by atoms with Crippen molar-refractivity contribution in [3.8, 4) is 0 Å². The second kappa shape index (κ2) is 13.7. The molecule has 2 aromatic heterocycles. The summed E-state index contributed by atoms with van der Waals surface area (Å²) in [6, 6.07) is 12.5. The molecule has 0 saturated heterocycles. The molecule has 4 amide bonds. The van der Waals surface area contributed by atoms with E-state index in [9.17, 15) is 18.8 Å². The highest BCUT2D eigenvalue weighted by Crippen LogP contribution is 2.21. The molecule has 11 nitrogen and oxygen atoms in total. The van der Waals surface area contributed by atoms with Crippen LogP contribution in [-0.4, -0.2) is 69.0 Å². The summed E-state index contributed by atoms with van der Waals surface area (Å²) in [6.07, 6.45) is 1.93. The highest BCUT2D eigenvalue weighted by atomic mass is 35.5. The number of benzene rings is 2. The number of fused-ring (bicyclic) bond motifs is 2. The van der Waals surface area contributed by atoms with Crippen molar-refractivity contribution < 1.29 is 23.5 Å². The number of ether oxygens (including phenoxy) is 1. The van der Waals surface area contributed by atoms with E-state index >= 15 is 0 Å². The van der Waals surface area contributed by atoms with Crippen molar-refractivity contribution in [2.45, 2.75) is 45.3 Å². The number of amides is 4. The molecule has 0 radical (unpaired) electrons. The first-order valence-electron chi connectivity index (χ1n) is 14.2. The molecule has 13 heteroatoms. The van der Waals surface area contributed by atoms with E-state index in [4.69, 9.17) is 16.3 Å². The quantitative estimate of drug-likeness (QED) is 0.236. The number of anilines is 1. The Kier molecular flexibility index (Phi) is 9.59. The Morgan fingerprint density at radius 3 is 2.80 bits per heavy atom. The smallest absolute Gasteiger partial charge is 0.412 e. The van der Waals surface area contributed by atoms with Crippen LogP contribution in [0.3, 0.4) is 0 Å². The van der Waals surface area contributed by atoms with E-state index in [0.717, 1.165) is 28.0 Å². The molecule has 230 valence electrons. The Balaban J connectivity index is 1.22. The number of hydrogen-bond acceptors (Lipinski definition) is 6. The highest BCUT2D eigenvalue weighted by molar-refractivity contribution is 6.31. The van der Waals surface area contributed by atoms with Crippen molar-refractivity contribution in [3.63, 3.8) is 0 Å². The number of imidazole rings is 1. The molecule has 2 aromatic carbocycles. The van der Waals surface area contributed by atoms with Crippen molar-refractivity contribution in [2.24, 2.45) is 0 Å². The minimum Gasteiger partial charge on any atom is -0.447 e. The van der Waals surface area contributed by atoms with E-state index < -0.39 is 24.0 Å². The lowest BCUT2D eigenvalue weighted by Gasteiger charge is -2.30. The van der Waals surface area contributed by atoms with E-state index in [0.29, 0.717) is 30.9 Å². The average molecular weight is 622 g/mol. The normalized spacial score (nSPS) is 13.2. The monoisotopic (exact) mass is 621 g/mol. The van der Waals surface area contributed by atoms with Crippen LogP contribution in [0, 0.1) is 12.7 Å². The first kappa shape index (κ1) is 30.7. The molecule has 5 rings (SSSR count). The molecular weight excluding hydrogens is 589 g/mol. The fourth-order valence-electron chi connectivity index (χ4n) is 5.09. The number of pyridine rings is 1. The van der Waals surface area contributed by atoms with Crippen LogP contribution in [0.5, 0.6) is 0 Å². The molecule has 0 unspecified atom stereocenters. The third kappa shape index (κ3) is 7.43. The van der Waals surface area contributed by atoms with E-state index in [-0.39, 0.29) is 36.9 Å². The Morgan fingerprint density at radius 2 is 1.98 bits per heavy atom. The molecular formula is C31H33ClFN7O4. The first-order valence-corrected chi connectivity index (χ1v) is 14.6. The predicted octanol–water partition coefficient (Wildman–Crippen LogP) is 5.18. The van der Waals surface area contributed by atoms with Crippen LogP contribution in [0.2, 0.25) is 5.02 Å². The summed E-state index contributed by atoms with van der Waals surface area (Å²) in [7, 11) is 1.55. The number of halogens is 2. The summed E-state index contributed by atoms with van der Waals surface area (Å²) in [6.45, 7) is 2.65. The minimum atomic E-state index is -0.748. The predicted molar refractivity (Wildman–Crippen MR) is 164 cm³/mol. The number of rotatable bonds is 9. The van der Waals surface area contributed by atoms with E-state index in [1.807, 2.05) is 31.2 Å². The van der Waals surface area contributed by atoms with Crippen molar-refractivity contribution in [1.29, 1.82) is 0 Å². The average Bonchev–Trinajstić information content (AvgIpc) is 3.40. The zero-order chi connectivity index (χ0) is 31.2. The summed E-state index contributed by atoms with van der Waals surface area (Å²) >= 11 is 6.04. The second-order valence-corrected chi connectivity index (χ2v) is 11.0. The van der Waals surface area contributed by atoms with Gasteiger partial charge in [-0.05, 0) is 36.4 Å². The zero-order valence-electron chi connectivity index (χ0n) is 24.4. The van der Waals surface area contributed by atoms with Crippen LogP contribution >= 0.6 is 11.6 Å². The van der Waals surface area contributed by atoms with Crippen LogP contribution in [0.15, 0.2) is 54.7 Å². The number of nitrogens with one attached hydrogen (secondary N) is 3. The largest absolute Gasteiger partial charge is 0.447 e. The molecule has 0 saturated carbocycles. The number of aryl methyl sites for hydroxylation is 1. The molecule has 4 aromatic rings. The van der Waals surface area contributed by atoms with Crippen LogP contribution in [0.25, 0.3) is 10.8 Å². The Bertz CT molecular complexity index is 1680. The van der Waals surface area contributed by atoms with Crippen molar-refractivity contribution in [2.75, 3.05) is 25.5 Å². The van der Waals surface area contributed by atoms with Gasteiger partial charge in [-0.3, -0.25) is 10.1 Å². The van der Waals surface area contributed by atoms with Crippen LogP contribution < -0.4 is 10.6 Å². The van der Waals surface area contributed by atoms with Gasteiger partial charge in [0.2, 0.25) is 5.91 Å². The van der Waals surface area contributed by atoms with Gasteiger partial charge in [-0.25, -0.2) is 23.9 Å². The number of likely N-dealkylation sites (N-methyl/N-ethyl adjacent to an activating group) is 1. The van der Waals surface area contributed by atoms with Gasteiger partial charge in [0.1, 0.15) is 24.1 Å². The van der Waals surface area contributed by atoms with E-state index in [2.05, 4.69) is 25.6 Å². The summed E-state index contributed by atoms with van der Waals surface area (Å²) in [4.78, 5) is 54.0. The second-order valence-electron chi connectivity index (χ2n) is 10.6. The highest BCUT2D eigenvalue weighted by Gasteiger charge is 2.27. The van der Waals surface area contributed by atoms with Crippen LogP contribution in [-0.2, 0) is 29.0 Å². The molecule has 44 heavy (non-hydrogen) atoms. The lowest BCUT2D eigenvalue weighted by atomic mass is 10.1. The van der Waals surface area contributed by atoms with Crippen molar-refractivity contribution in [1.82, 2.24) is 30.1 Å². The Hall–Kier alpha value is -4.71. The van der Waals surface area contributed by atoms with Crippen LogP contribution in [0.1, 0.15) is 35.6 Å². The van der Waals surface area contributed by atoms with Gasteiger partial charge in [-0.15, -0.1) is 0 Å². The number of carbonyl (C=O) groups excluding carboxylic acids is 3. The lowest BCUT2D eigenvalue weighted by molar-refractivity contribution is -0.132. The van der Waals surface area contributed by atoms with Gasteiger partial charge in [0.05, 0.1) is 23.3 Å². The van der Waals surface area contributed by atoms with Gasteiger partial charge in [0, 0.05) is 50.3 Å². The minimum absolute atomic E-state index is 0.0143. The van der Waals surface area contributed by atoms with Gasteiger partial charge in [-0.2, -0.15) is 0 Å². The molecule has 1 atom stereocenters. The fraction of sp³-hybridized carbons (Fsp3) is 0.323. The molecule has 3 N–H and O–H groups in total. The summed E-state index contributed by atoms with van der Waals surface area (Å²) in [5.74, 6) is 0.451. The summed E-state index contributed by atoms with van der Waals surface area (Å²) in [5, 5.41) is 7.09. The number of hydrogen-bond donors (Lipinski definition) is 3. The van der Waals surface area contributed by atoms with Crippen molar-refractivity contribution in [3.05, 3.63) is 88.3 Å². The number of carbonyl (C=O) groups is 3. The van der Waals surface area contributed by atoms with Gasteiger partial charge in [0.15, 0.2) is 0 Å². The van der Waals surface area contributed by atoms with E-state index in [1.54, 1.807) is 30.3 Å². The standard InChI is InChI=1S/C31H33ClFN7O4/c1-19-36-25-12-13-40(17-26(25)37-19)28(41)11-10-23(39(2)30(42)35-16-22-8-5-9-24(33)29(22)32)18-44-31(43)38-27-14-20-6-3-4-7-21(20)15-34-27/h3-9,14-15,23H,10-13,16-18H2,1-2H3,(H,35,42)(H,36,37)(H,34,38,43)/t23-/m1/s1. The molecule has 1 aliphatic rings. The molecule has 0 aliphatic carbocycles. The number of nitrogens with zero attached hydrogens (tertiary/aromatic N) is 4. The summed E-state index contributed by atoms with van der Waals surface area (Å²) < 4.78 is 19.4. The van der Waals surface area contributed by atoms with Gasteiger partial charge >= 0.3 is 12.1 Å². The Labute approximate surface area is 258 Å². The topological polar surface area (TPSA) is 133 Å².